The van der Waals surface area contributed by atoms with Gasteiger partial charge in [0.15, 0.2) is 0 Å². The lowest BCUT2D eigenvalue weighted by molar-refractivity contribution is -0.899. The fourth-order valence-corrected chi connectivity index (χ4v) is 4.62. The van der Waals surface area contributed by atoms with Crippen molar-refractivity contribution < 1.29 is 19.2 Å². The first-order chi connectivity index (χ1) is 11.3. The number of amides is 1. The molecular formula is C17H21N3O3S. The van der Waals surface area contributed by atoms with Gasteiger partial charge in [-0.05, 0) is 0 Å². The van der Waals surface area contributed by atoms with E-state index in [0.29, 0.717) is 16.8 Å². The highest BCUT2D eigenvalue weighted by atomic mass is 32.2. The topological polar surface area (TPSA) is 86.5 Å². The van der Waals surface area contributed by atoms with Crippen molar-refractivity contribution >= 4 is 23.6 Å². The normalized spacial score (nSPS) is 23.8. The number of carboxylic acids is 1. The molecular weight excluding hydrogens is 326 g/mol. The molecule has 1 amide bonds. The lowest BCUT2D eigenvalue weighted by Gasteiger charge is -2.50. The number of aliphatic carboxylic acids is 1. The first kappa shape index (κ1) is 17.0. The number of quaternary nitrogens is 1. The second-order valence-corrected chi connectivity index (χ2v) is 8.02. The molecule has 1 aromatic carbocycles. The highest BCUT2D eigenvalue weighted by Crippen LogP contribution is 2.39. The minimum absolute atomic E-state index is 0.0183. The predicted octanol–water partition coefficient (Wildman–Crippen LogP) is -0.491. The van der Waals surface area contributed by atoms with E-state index in [1.165, 1.54) is 22.2 Å². The highest BCUT2D eigenvalue weighted by molar-refractivity contribution is 8.00. The van der Waals surface area contributed by atoms with Crippen LogP contribution in [0.3, 0.4) is 0 Å². The summed E-state index contributed by atoms with van der Waals surface area (Å²) in [6, 6.07) is 9.44. The zero-order valence-corrected chi connectivity index (χ0v) is 14.6. The predicted molar refractivity (Wildman–Crippen MR) is 90.2 cm³/mol. The number of thioether (sulfide) groups is 1. The summed E-state index contributed by atoms with van der Waals surface area (Å²) in [6.45, 7) is 1.31. The smallest absolute Gasteiger partial charge is 0.248 e. The quantitative estimate of drug-likeness (QED) is 0.574. The molecule has 24 heavy (non-hydrogen) atoms. The highest BCUT2D eigenvalue weighted by Gasteiger charge is 2.50. The zero-order chi connectivity index (χ0) is 17.5. The molecule has 0 aromatic heterocycles. The van der Waals surface area contributed by atoms with Crippen molar-refractivity contribution in [2.75, 3.05) is 26.4 Å². The number of carbonyl (C=O) groups excluding carboxylic acids is 2. The van der Waals surface area contributed by atoms with Crippen LogP contribution in [0.15, 0.2) is 41.6 Å². The molecule has 0 saturated carbocycles. The summed E-state index contributed by atoms with van der Waals surface area (Å²) in [5.74, 6) is -1.07. The number of carbonyl (C=O) groups is 2. The summed E-state index contributed by atoms with van der Waals surface area (Å²) < 4.78 is 0.593. The number of benzene rings is 1. The zero-order valence-electron chi connectivity index (χ0n) is 13.8. The van der Waals surface area contributed by atoms with E-state index in [1.807, 2.05) is 32.3 Å². The number of hydrogen-bond acceptors (Lipinski definition) is 5. The Morgan fingerprint density at radius 3 is 2.62 bits per heavy atom. The molecule has 0 radical (unpaired) electrons. The van der Waals surface area contributed by atoms with Crippen LogP contribution in [0.4, 0.5) is 0 Å². The minimum Gasteiger partial charge on any atom is -0.543 e. The van der Waals surface area contributed by atoms with E-state index in [0.717, 1.165) is 12.1 Å². The Labute approximate surface area is 145 Å². The largest absolute Gasteiger partial charge is 0.543 e. The summed E-state index contributed by atoms with van der Waals surface area (Å²) in [4.78, 5) is 24.9. The fraction of sp³-hybridized carbons (Fsp3) is 0.412. The van der Waals surface area contributed by atoms with Gasteiger partial charge >= 0.3 is 0 Å². The van der Waals surface area contributed by atoms with Crippen molar-refractivity contribution in [2.45, 2.75) is 18.0 Å². The first-order valence-corrected chi connectivity index (χ1v) is 8.84. The summed E-state index contributed by atoms with van der Waals surface area (Å²) in [5, 5.41) is 11.4. The Kier molecular flexibility index (Phi) is 4.42. The Bertz CT molecular complexity index is 702. The number of β-lactam (4-membered cyclic amide) rings is 1. The van der Waals surface area contributed by atoms with Crippen molar-refractivity contribution in [1.82, 2.24) is 4.90 Å². The maximum atomic E-state index is 12.0. The average Bonchev–Trinajstić information content (AvgIpc) is 2.53. The summed E-state index contributed by atoms with van der Waals surface area (Å²) >= 11 is 1.52. The van der Waals surface area contributed by atoms with Gasteiger partial charge in [-0.3, -0.25) is 9.69 Å². The Balaban J connectivity index is 1.84. The first-order valence-electron chi connectivity index (χ1n) is 7.80. The van der Waals surface area contributed by atoms with Crippen LogP contribution in [0.25, 0.3) is 0 Å². The number of nitrogens with two attached hydrogens (primary N) is 1. The van der Waals surface area contributed by atoms with Gasteiger partial charge in [-0.1, -0.05) is 30.3 Å². The van der Waals surface area contributed by atoms with Crippen LogP contribution in [0.5, 0.6) is 0 Å². The summed E-state index contributed by atoms with van der Waals surface area (Å²) in [5.41, 5.74) is 7.70. The lowest BCUT2D eigenvalue weighted by Crippen LogP contribution is -2.69. The Hall–Kier alpha value is -1.83. The number of hydrogen-bond donors (Lipinski definition) is 1. The van der Waals surface area contributed by atoms with Gasteiger partial charge in [0.1, 0.15) is 24.5 Å². The van der Waals surface area contributed by atoms with Crippen molar-refractivity contribution in [3.63, 3.8) is 0 Å². The number of likely N-dealkylation sites (N-methyl/N-ethyl adjacent to an activating group) is 1. The van der Waals surface area contributed by atoms with E-state index in [1.54, 1.807) is 0 Å². The molecule has 2 atom stereocenters. The van der Waals surface area contributed by atoms with E-state index in [2.05, 4.69) is 12.1 Å². The molecule has 0 spiro atoms. The standard InChI is InChI=1S/C17H21N3O3S/c1-20(2,8-11-6-4-3-5-7-11)9-12-10-24-16-13(18)15(21)19(16)14(12)17(22)23/h3-7,13,16H,8-10,18H2,1-2H3. The molecule has 2 N–H and O–H groups in total. The molecule has 7 heteroatoms. The number of rotatable bonds is 5. The molecule has 0 bridgehead atoms. The van der Waals surface area contributed by atoms with Crippen LogP contribution in [0.2, 0.25) is 0 Å². The molecule has 2 aliphatic heterocycles. The monoisotopic (exact) mass is 347 g/mol. The van der Waals surface area contributed by atoms with Gasteiger partial charge in [0.2, 0.25) is 5.91 Å². The summed E-state index contributed by atoms with van der Waals surface area (Å²) in [7, 11) is 4.10. The third-order valence-electron chi connectivity index (χ3n) is 4.35. The van der Waals surface area contributed by atoms with Gasteiger partial charge < -0.3 is 20.1 Å². The molecule has 1 aromatic rings. The Morgan fingerprint density at radius 2 is 2.00 bits per heavy atom. The molecule has 2 heterocycles. The number of fused-ring (bicyclic) bond motifs is 1. The van der Waals surface area contributed by atoms with Gasteiger partial charge in [-0.2, -0.15) is 0 Å². The molecule has 3 rings (SSSR count). The Morgan fingerprint density at radius 1 is 1.33 bits per heavy atom. The number of nitrogens with zero attached hydrogens (tertiary/aromatic N) is 2. The van der Waals surface area contributed by atoms with Gasteiger partial charge in [0.25, 0.3) is 0 Å². The fourth-order valence-electron chi connectivity index (χ4n) is 3.34. The van der Waals surface area contributed by atoms with Gasteiger partial charge in [0, 0.05) is 16.9 Å². The van der Waals surface area contributed by atoms with Crippen LogP contribution in [-0.2, 0) is 16.1 Å². The third-order valence-corrected chi connectivity index (χ3v) is 5.71. The van der Waals surface area contributed by atoms with E-state index in [-0.39, 0.29) is 17.0 Å². The van der Waals surface area contributed by atoms with Gasteiger partial charge in [-0.25, -0.2) is 0 Å². The van der Waals surface area contributed by atoms with Crippen LogP contribution in [-0.4, -0.2) is 59.1 Å². The maximum absolute atomic E-state index is 12.0. The van der Waals surface area contributed by atoms with Crippen molar-refractivity contribution in [3.05, 3.63) is 47.2 Å². The van der Waals surface area contributed by atoms with Crippen LogP contribution >= 0.6 is 11.8 Å². The van der Waals surface area contributed by atoms with Gasteiger partial charge in [0.05, 0.1) is 25.8 Å². The van der Waals surface area contributed by atoms with Crippen molar-refractivity contribution in [1.29, 1.82) is 0 Å². The lowest BCUT2D eigenvalue weighted by atomic mass is 10.0. The molecule has 1 fully saturated rings. The van der Waals surface area contributed by atoms with E-state index >= 15 is 0 Å². The number of carboxylic acid groups (broad SMARTS) is 1. The molecule has 2 unspecified atom stereocenters. The van der Waals surface area contributed by atoms with E-state index in [4.69, 9.17) is 5.73 Å². The maximum Gasteiger partial charge on any atom is 0.248 e. The van der Waals surface area contributed by atoms with E-state index < -0.39 is 12.0 Å². The molecule has 2 aliphatic rings. The molecule has 0 aliphatic carbocycles. The van der Waals surface area contributed by atoms with Gasteiger partial charge in [-0.15, -0.1) is 11.8 Å². The SMILES string of the molecule is C[N+](C)(CC1=C(C(=O)[O-])N2C(=O)C(N)C2SC1)Cc1ccccc1. The van der Waals surface area contributed by atoms with E-state index in [9.17, 15) is 14.7 Å². The average molecular weight is 347 g/mol. The second-order valence-electron chi connectivity index (χ2n) is 6.91. The van der Waals surface area contributed by atoms with Crippen LogP contribution < -0.4 is 10.8 Å². The third kappa shape index (κ3) is 3.07. The molecule has 128 valence electrons. The second kappa shape index (κ2) is 6.23. The summed E-state index contributed by atoms with van der Waals surface area (Å²) in [6.07, 6.45) is 0. The van der Waals surface area contributed by atoms with Crippen molar-refractivity contribution in [3.8, 4) is 0 Å². The molecule has 1 saturated heterocycles. The molecule has 6 nitrogen and oxygen atoms in total. The van der Waals surface area contributed by atoms with Crippen LogP contribution in [0.1, 0.15) is 5.56 Å². The minimum atomic E-state index is -1.30. The van der Waals surface area contributed by atoms with Crippen LogP contribution in [0, 0.1) is 0 Å². The van der Waals surface area contributed by atoms with Crippen molar-refractivity contribution in [2.24, 2.45) is 5.73 Å².